The third kappa shape index (κ3) is 1.55. The molecule has 0 saturated heterocycles. The van der Waals surface area contributed by atoms with Gasteiger partial charge in [0.2, 0.25) is 0 Å². The van der Waals surface area contributed by atoms with Crippen molar-refractivity contribution >= 4 is 10.8 Å². The van der Waals surface area contributed by atoms with Crippen molar-refractivity contribution in [1.82, 2.24) is 8.96 Å². The van der Waals surface area contributed by atoms with Gasteiger partial charge in [-0.15, -0.1) is 10.8 Å². The summed E-state index contributed by atoms with van der Waals surface area (Å²) in [5.74, 6) is 0.630. The smallest absolute Gasteiger partial charge is 0.124 e. The molecule has 1 aromatic rings. The molecule has 0 aliphatic rings. The molecule has 0 aliphatic heterocycles. The topological polar surface area (TPSA) is 58.3 Å². The van der Waals surface area contributed by atoms with Crippen LogP contribution in [0.2, 0.25) is 0 Å². The quantitative estimate of drug-likeness (QED) is 0.684. The highest BCUT2D eigenvalue weighted by Gasteiger charge is 2.12. The summed E-state index contributed by atoms with van der Waals surface area (Å²) < 4.78 is 20.0. The van der Waals surface area contributed by atoms with Crippen LogP contribution in [0.5, 0.6) is 0 Å². The zero-order valence-corrected chi connectivity index (χ0v) is 7.59. The summed E-state index contributed by atoms with van der Waals surface area (Å²) in [6.07, 6.45) is 3.00. The van der Waals surface area contributed by atoms with Crippen LogP contribution in [0.25, 0.3) is 0 Å². The van der Waals surface area contributed by atoms with Crippen LogP contribution in [0.3, 0.4) is 0 Å². The molecule has 4 nitrogen and oxygen atoms in total. The summed E-state index contributed by atoms with van der Waals surface area (Å²) in [6, 6.07) is 0. The molecule has 11 heavy (non-hydrogen) atoms. The number of hydrogen-bond acceptors (Lipinski definition) is 3. The molecule has 0 unspecified atom stereocenters. The third-order valence-electron chi connectivity index (χ3n) is 1.40. The summed E-state index contributed by atoms with van der Waals surface area (Å²) in [7, 11) is -2.67. The van der Waals surface area contributed by atoms with Gasteiger partial charge in [0.25, 0.3) is 0 Å². The molecular weight excluding hydrogens is 164 g/mol. The van der Waals surface area contributed by atoms with Gasteiger partial charge in [0.05, 0.1) is 11.9 Å². The van der Waals surface area contributed by atoms with E-state index in [1.165, 1.54) is 10.2 Å². The summed E-state index contributed by atoms with van der Waals surface area (Å²) >= 11 is 0. The molecule has 1 aromatic heterocycles. The Balaban J connectivity index is 3.21. The average molecular weight is 176 g/mol. The first-order valence-electron chi connectivity index (χ1n) is 3.17. The maximum absolute atomic E-state index is 9.30. The number of nitrogens with zero attached hydrogens (tertiary/aromatic N) is 2. The second-order valence-electron chi connectivity index (χ2n) is 2.53. The van der Waals surface area contributed by atoms with Gasteiger partial charge in [-0.25, -0.2) is 8.96 Å². The van der Waals surface area contributed by atoms with Gasteiger partial charge in [-0.05, 0) is 13.8 Å². The van der Waals surface area contributed by atoms with Gasteiger partial charge < -0.3 is 0 Å². The van der Waals surface area contributed by atoms with Crippen molar-refractivity contribution in [3.63, 3.8) is 0 Å². The molecule has 0 aliphatic carbocycles. The number of aryl methyl sites for hydroxylation is 2. The Hall–Kier alpha value is -0.520. The van der Waals surface area contributed by atoms with Crippen molar-refractivity contribution in [3.8, 4) is 0 Å². The van der Waals surface area contributed by atoms with Crippen molar-refractivity contribution in [1.29, 1.82) is 0 Å². The molecule has 1 rings (SSSR count). The normalized spacial score (nSPS) is 13.5. The van der Waals surface area contributed by atoms with E-state index in [0.29, 0.717) is 5.82 Å². The SMILES string of the molecule is Cc1cnc(C)n1S(C)(O)O. The molecule has 64 valence electrons. The van der Waals surface area contributed by atoms with E-state index < -0.39 is 10.8 Å². The molecule has 0 bridgehead atoms. The number of imidazole rings is 1. The van der Waals surface area contributed by atoms with Crippen molar-refractivity contribution in [2.45, 2.75) is 13.8 Å². The highest BCUT2D eigenvalue weighted by atomic mass is 32.3. The van der Waals surface area contributed by atoms with Crippen molar-refractivity contribution in [3.05, 3.63) is 17.7 Å². The van der Waals surface area contributed by atoms with E-state index in [9.17, 15) is 9.11 Å². The Kier molecular flexibility index (Phi) is 1.96. The average Bonchev–Trinajstić information content (AvgIpc) is 2.08. The lowest BCUT2D eigenvalue weighted by Gasteiger charge is -2.30. The molecule has 1 heterocycles. The Labute approximate surface area is 67.4 Å². The molecule has 0 amide bonds. The summed E-state index contributed by atoms with van der Waals surface area (Å²) in [4.78, 5) is 3.95. The Morgan fingerprint density at radius 3 is 2.18 bits per heavy atom. The number of aromatic nitrogens is 2. The van der Waals surface area contributed by atoms with Gasteiger partial charge in [-0.3, -0.25) is 9.11 Å². The highest BCUT2D eigenvalue weighted by Crippen LogP contribution is 2.37. The highest BCUT2D eigenvalue weighted by molar-refractivity contribution is 8.22. The largest absolute Gasteiger partial charge is 0.282 e. The van der Waals surface area contributed by atoms with E-state index >= 15 is 0 Å². The lowest BCUT2D eigenvalue weighted by molar-refractivity contribution is 0.480. The Morgan fingerprint density at radius 2 is 2.00 bits per heavy atom. The molecule has 5 heteroatoms. The minimum Gasteiger partial charge on any atom is -0.282 e. The second-order valence-corrected chi connectivity index (χ2v) is 4.48. The van der Waals surface area contributed by atoms with Crippen LogP contribution >= 0.6 is 10.8 Å². The maximum atomic E-state index is 9.30. The van der Waals surface area contributed by atoms with E-state index in [4.69, 9.17) is 0 Å². The predicted molar refractivity (Wildman–Crippen MR) is 45.9 cm³/mol. The van der Waals surface area contributed by atoms with Gasteiger partial charge in [0.15, 0.2) is 0 Å². The van der Waals surface area contributed by atoms with Crippen molar-refractivity contribution in [2.24, 2.45) is 0 Å². The predicted octanol–water partition coefficient (Wildman–Crippen LogP) is 1.64. The van der Waals surface area contributed by atoms with Crippen LogP contribution in [0.4, 0.5) is 0 Å². The zero-order valence-electron chi connectivity index (χ0n) is 6.77. The Morgan fingerprint density at radius 1 is 1.45 bits per heavy atom. The fourth-order valence-electron chi connectivity index (χ4n) is 1.07. The molecule has 0 aromatic carbocycles. The number of rotatable bonds is 1. The monoisotopic (exact) mass is 176 g/mol. The first kappa shape index (κ1) is 8.58. The van der Waals surface area contributed by atoms with Gasteiger partial charge in [0, 0.05) is 6.26 Å². The first-order chi connectivity index (χ1) is 4.93. The zero-order chi connectivity index (χ0) is 8.65. The molecule has 0 atom stereocenters. The fraction of sp³-hybridized carbons (Fsp3) is 0.500. The summed E-state index contributed by atoms with van der Waals surface area (Å²) in [6.45, 7) is 3.53. The number of hydrogen-bond donors (Lipinski definition) is 2. The minimum absolute atomic E-state index is 0.630. The molecule has 0 radical (unpaired) electrons. The third-order valence-corrected chi connectivity index (χ3v) is 2.64. The summed E-state index contributed by atoms with van der Waals surface area (Å²) in [5.41, 5.74) is 0.769. The van der Waals surface area contributed by atoms with E-state index in [0.717, 1.165) is 5.69 Å². The van der Waals surface area contributed by atoms with E-state index in [2.05, 4.69) is 4.98 Å². The van der Waals surface area contributed by atoms with E-state index in [1.54, 1.807) is 20.0 Å². The summed E-state index contributed by atoms with van der Waals surface area (Å²) in [5, 5.41) is 0. The van der Waals surface area contributed by atoms with Gasteiger partial charge in [-0.2, -0.15) is 0 Å². The lowest BCUT2D eigenvalue weighted by atomic mass is 10.6. The van der Waals surface area contributed by atoms with E-state index in [-0.39, 0.29) is 0 Å². The van der Waals surface area contributed by atoms with Crippen LogP contribution in [0, 0.1) is 13.8 Å². The van der Waals surface area contributed by atoms with Crippen LogP contribution in [0.15, 0.2) is 6.20 Å². The molecule has 2 N–H and O–H groups in total. The maximum Gasteiger partial charge on any atom is 0.124 e. The van der Waals surface area contributed by atoms with Crippen molar-refractivity contribution < 1.29 is 9.11 Å². The second kappa shape index (κ2) is 2.51. The molecular formula is C6H12N2O2S. The van der Waals surface area contributed by atoms with Crippen molar-refractivity contribution in [2.75, 3.05) is 6.26 Å². The van der Waals surface area contributed by atoms with Crippen LogP contribution in [-0.4, -0.2) is 24.3 Å². The van der Waals surface area contributed by atoms with Gasteiger partial charge in [-0.1, -0.05) is 0 Å². The fourth-order valence-corrected chi connectivity index (χ4v) is 2.21. The molecule has 0 saturated carbocycles. The minimum atomic E-state index is -2.67. The standard InChI is InChI=1S/C6H12N2O2S/c1-5-4-7-6(2)8(5)11(3,9)10/h4,9-10H,1-3H3. The Bertz CT molecular complexity index is 245. The lowest BCUT2D eigenvalue weighted by Crippen LogP contribution is -2.09. The van der Waals surface area contributed by atoms with Crippen LogP contribution in [-0.2, 0) is 0 Å². The molecule has 0 fully saturated rings. The first-order valence-corrected chi connectivity index (χ1v) is 5.09. The van der Waals surface area contributed by atoms with Crippen LogP contribution < -0.4 is 0 Å². The van der Waals surface area contributed by atoms with E-state index in [1.807, 2.05) is 0 Å². The molecule has 0 spiro atoms. The van der Waals surface area contributed by atoms with Gasteiger partial charge in [0.1, 0.15) is 5.82 Å². The van der Waals surface area contributed by atoms with Crippen LogP contribution in [0.1, 0.15) is 11.5 Å². The van der Waals surface area contributed by atoms with Gasteiger partial charge >= 0.3 is 0 Å².